The molecule has 0 aliphatic carbocycles. The molecule has 1 aromatic heterocycles. The van der Waals surface area contributed by atoms with E-state index < -0.39 is 18.1 Å². The van der Waals surface area contributed by atoms with Crippen LogP contribution in [-0.2, 0) is 9.59 Å². The van der Waals surface area contributed by atoms with Crippen LogP contribution in [-0.4, -0.2) is 64.3 Å². The number of nitrogens with zero attached hydrogens (tertiary/aromatic N) is 2. The van der Waals surface area contributed by atoms with Gasteiger partial charge in [-0.1, -0.05) is 6.08 Å². The molecule has 8 heteroatoms. The molecule has 33 heavy (non-hydrogen) atoms. The fraction of sp³-hybridized carbons (Fsp3) is 0.480. The molecule has 1 amide bonds. The highest BCUT2D eigenvalue weighted by molar-refractivity contribution is 5.87. The molecule has 5 heterocycles. The summed E-state index contributed by atoms with van der Waals surface area (Å²) in [5.41, 5.74) is 1.85. The van der Waals surface area contributed by atoms with Crippen LogP contribution in [0, 0.1) is 11.8 Å². The van der Waals surface area contributed by atoms with Crippen molar-refractivity contribution in [2.75, 3.05) is 20.2 Å². The summed E-state index contributed by atoms with van der Waals surface area (Å²) in [4.78, 5) is 27.4. The number of benzene rings is 1. The van der Waals surface area contributed by atoms with Gasteiger partial charge < -0.3 is 20.3 Å². The Kier molecular flexibility index (Phi) is 6.95. The Balaban J connectivity index is 0.000000243. The molecule has 0 spiro atoms. The van der Waals surface area contributed by atoms with E-state index in [4.69, 9.17) is 9.84 Å². The Bertz CT molecular complexity index is 1040. The second kappa shape index (κ2) is 9.89. The number of aliphatic hydroxyl groups excluding tert-OH is 1. The second-order valence-corrected chi connectivity index (χ2v) is 8.97. The van der Waals surface area contributed by atoms with Gasteiger partial charge in [0.15, 0.2) is 0 Å². The number of aliphatic carboxylic acids is 1. The summed E-state index contributed by atoms with van der Waals surface area (Å²) < 4.78 is 5.35. The van der Waals surface area contributed by atoms with Crippen molar-refractivity contribution >= 4 is 22.8 Å². The fourth-order valence-electron chi connectivity index (χ4n) is 5.24. The number of carbonyl (C=O) groups excluding carboxylic acids is 1. The molecule has 4 aliphatic rings. The molecule has 1 aromatic carbocycles. The van der Waals surface area contributed by atoms with Gasteiger partial charge in [0.25, 0.3) is 0 Å². The number of fused-ring (bicyclic) bond motifs is 4. The van der Waals surface area contributed by atoms with Crippen molar-refractivity contribution in [2.24, 2.45) is 11.8 Å². The number of methoxy groups -OCH3 is 1. The maximum atomic E-state index is 11.2. The number of ether oxygens (including phenoxy) is 1. The normalized spacial score (nSPS) is 29.0. The summed E-state index contributed by atoms with van der Waals surface area (Å²) in [6.45, 7) is 6.07. The van der Waals surface area contributed by atoms with E-state index in [1.54, 1.807) is 13.3 Å². The van der Waals surface area contributed by atoms with Gasteiger partial charge in [0.05, 0.1) is 18.7 Å². The Morgan fingerprint density at radius 2 is 2.18 bits per heavy atom. The zero-order chi connectivity index (χ0) is 23.5. The van der Waals surface area contributed by atoms with Gasteiger partial charge >= 0.3 is 5.97 Å². The van der Waals surface area contributed by atoms with Crippen LogP contribution >= 0.6 is 0 Å². The van der Waals surface area contributed by atoms with Gasteiger partial charge in [0.1, 0.15) is 11.8 Å². The molecule has 2 aromatic rings. The Labute approximate surface area is 193 Å². The van der Waals surface area contributed by atoms with E-state index in [0.29, 0.717) is 24.7 Å². The molecule has 0 saturated carbocycles. The van der Waals surface area contributed by atoms with Crippen LogP contribution in [0.4, 0.5) is 0 Å². The first-order valence-electron chi connectivity index (χ1n) is 11.4. The molecule has 4 fully saturated rings. The smallest absolute Gasteiger partial charge is 0.326 e. The summed E-state index contributed by atoms with van der Waals surface area (Å²) in [6, 6.07) is 7.32. The third kappa shape index (κ3) is 4.86. The third-order valence-electron chi connectivity index (χ3n) is 7.11. The first-order chi connectivity index (χ1) is 15.9. The molecular weight excluding hydrogens is 422 g/mol. The van der Waals surface area contributed by atoms with Gasteiger partial charge in [0.2, 0.25) is 5.91 Å². The molecule has 5 unspecified atom stereocenters. The predicted octanol–water partition coefficient (Wildman–Crippen LogP) is 2.52. The molecule has 8 nitrogen and oxygen atoms in total. The largest absolute Gasteiger partial charge is 0.497 e. The van der Waals surface area contributed by atoms with Gasteiger partial charge in [-0.25, -0.2) is 4.79 Å². The van der Waals surface area contributed by atoms with Crippen molar-refractivity contribution in [3.8, 4) is 5.75 Å². The van der Waals surface area contributed by atoms with E-state index >= 15 is 0 Å². The SMILES string of the molecule is C=CC1CN2CCC1CC2C(O)c1ccnc2ccc(OC)cc12.O=C1CC[C@@H](C(=O)O)N1. The zero-order valence-electron chi connectivity index (χ0n) is 18.8. The average Bonchev–Trinajstić information content (AvgIpc) is 3.30. The summed E-state index contributed by atoms with van der Waals surface area (Å²) in [5.74, 6) is 0.899. The van der Waals surface area contributed by atoms with Crippen LogP contribution in [0.25, 0.3) is 10.9 Å². The minimum Gasteiger partial charge on any atom is -0.497 e. The van der Waals surface area contributed by atoms with E-state index in [9.17, 15) is 14.7 Å². The van der Waals surface area contributed by atoms with E-state index in [0.717, 1.165) is 41.7 Å². The Morgan fingerprint density at radius 1 is 1.36 bits per heavy atom. The van der Waals surface area contributed by atoms with Crippen molar-refractivity contribution in [1.82, 2.24) is 15.2 Å². The number of rotatable bonds is 5. The van der Waals surface area contributed by atoms with Gasteiger partial charge in [0, 0.05) is 30.6 Å². The van der Waals surface area contributed by atoms with Gasteiger partial charge in [-0.05, 0) is 67.5 Å². The van der Waals surface area contributed by atoms with Crippen molar-refractivity contribution in [3.05, 3.63) is 48.7 Å². The summed E-state index contributed by atoms with van der Waals surface area (Å²) in [7, 11) is 1.66. The van der Waals surface area contributed by atoms with Crippen LogP contribution in [0.2, 0.25) is 0 Å². The monoisotopic (exact) mass is 453 g/mol. The lowest BCUT2D eigenvalue weighted by Crippen LogP contribution is -2.54. The van der Waals surface area contributed by atoms with Gasteiger partial charge in [-0.15, -0.1) is 6.58 Å². The molecule has 4 saturated heterocycles. The molecule has 176 valence electrons. The van der Waals surface area contributed by atoms with E-state index in [-0.39, 0.29) is 11.9 Å². The minimum absolute atomic E-state index is 0.164. The number of aliphatic hydroxyl groups is 1. The summed E-state index contributed by atoms with van der Waals surface area (Å²) >= 11 is 0. The minimum atomic E-state index is -0.944. The lowest BCUT2D eigenvalue weighted by atomic mass is 9.73. The highest BCUT2D eigenvalue weighted by atomic mass is 16.5. The van der Waals surface area contributed by atoms with Crippen molar-refractivity contribution in [2.45, 2.75) is 43.9 Å². The van der Waals surface area contributed by atoms with Crippen LogP contribution in [0.1, 0.15) is 37.4 Å². The van der Waals surface area contributed by atoms with Gasteiger partial charge in [-0.3, -0.25) is 14.7 Å². The number of carbonyl (C=O) groups is 2. The maximum Gasteiger partial charge on any atom is 0.326 e. The van der Waals surface area contributed by atoms with Crippen molar-refractivity contribution in [1.29, 1.82) is 0 Å². The van der Waals surface area contributed by atoms with E-state index in [2.05, 4.69) is 27.9 Å². The molecule has 2 bridgehead atoms. The van der Waals surface area contributed by atoms with Crippen molar-refractivity contribution in [3.63, 3.8) is 0 Å². The first-order valence-corrected chi connectivity index (χ1v) is 11.4. The number of amides is 1. The van der Waals surface area contributed by atoms with Crippen molar-refractivity contribution < 1.29 is 24.5 Å². The van der Waals surface area contributed by atoms with Crippen LogP contribution < -0.4 is 10.1 Å². The van der Waals surface area contributed by atoms with E-state index in [1.165, 1.54) is 6.42 Å². The highest BCUT2D eigenvalue weighted by Crippen LogP contribution is 2.42. The topological polar surface area (TPSA) is 112 Å². The zero-order valence-corrected chi connectivity index (χ0v) is 18.8. The standard InChI is InChI=1S/C20H24N2O2.C5H7NO3/c1-3-13-12-22-9-7-14(13)10-19(22)20(23)16-6-8-21-18-5-4-15(24-2)11-17(16)18;7-4-2-1-3(6-4)5(8)9/h3-6,8,11,13-14,19-20,23H,1,7,9-10,12H2,2H3;3H,1-2H2,(H,6,7)(H,8,9)/t;3-/m.0/s1. The molecule has 0 radical (unpaired) electrons. The number of hydrogen-bond donors (Lipinski definition) is 3. The quantitative estimate of drug-likeness (QED) is 0.597. The first kappa shape index (κ1) is 23.2. The predicted molar refractivity (Wildman–Crippen MR) is 124 cm³/mol. The molecule has 4 aliphatic heterocycles. The number of carboxylic acids is 1. The summed E-state index contributed by atoms with van der Waals surface area (Å²) in [5, 5.41) is 22.8. The third-order valence-corrected chi connectivity index (χ3v) is 7.11. The number of pyridine rings is 1. The second-order valence-electron chi connectivity index (χ2n) is 8.97. The number of aromatic nitrogens is 1. The van der Waals surface area contributed by atoms with Crippen LogP contribution in [0.3, 0.4) is 0 Å². The Morgan fingerprint density at radius 3 is 2.76 bits per heavy atom. The highest BCUT2D eigenvalue weighted by Gasteiger charge is 2.42. The fourth-order valence-corrected chi connectivity index (χ4v) is 5.24. The number of hydrogen-bond acceptors (Lipinski definition) is 6. The Hall–Kier alpha value is -2.97. The van der Waals surface area contributed by atoms with Crippen LogP contribution in [0.5, 0.6) is 5.75 Å². The summed E-state index contributed by atoms with van der Waals surface area (Å²) in [6.07, 6.45) is 6.39. The molecule has 6 rings (SSSR count). The van der Waals surface area contributed by atoms with E-state index in [1.807, 2.05) is 24.3 Å². The molecule has 3 N–H and O–H groups in total. The number of piperidine rings is 3. The average molecular weight is 454 g/mol. The number of nitrogens with one attached hydrogen (secondary N) is 1. The molecule has 6 atom stereocenters. The maximum absolute atomic E-state index is 11.2. The van der Waals surface area contributed by atoms with Gasteiger partial charge in [-0.2, -0.15) is 0 Å². The molecular formula is C25H31N3O5. The number of carboxylic acid groups (broad SMARTS) is 1. The lowest BCUT2D eigenvalue weighted by Gasteiger charge is -2.50. The van der Waals surface area contributed by atoms with Crippen LogP contribution in [0.15, 0.2) is 43.1 Å². The lowest BCUT2D eigenvalue weighted by molar-refractivity contribution is -0.140.